The average Bonchev–Trinajstić information content (AvgIpc) is 3.69. The van der Waals surface area contributed by atoms with Crippen molar-refractivity contribution in [3.05, 3.63) is 83.5 Å². The molecule has 48 heavy (non-hydrogen) atoms. The van der Waals surface area contributed by atoms with Crippen LogP contribution < -0.4 is 9.05 Å². The van der Waals surface area contributed by atoms with Crippen LogP contribution in [0.4, 0.5) is 21.8 Å². The Morgan fingerprint density at radius 1 is 0.979 bits per heavy atom. The van der Waals surface area contributed by atoms with E-state index in [1.54, 1.807) is 0 Å². The number of rotatable bonds is 8. The Balaban J connectivity index is 1.62. The summed E-state index contributed by atoms with van der Waals surface area (Å²) in [6, 6.07) is 11.0. The maximum atomic E-state index is 15.2. The number of nitrogens with zero attached hydrogens (tertiary/aromatic N) is 3. The number of sulfone groups is 1. The molecule has 3 heterocycles. The van der Waals surface area contributed by atoms with Crippen molar-refractivity contribution < 1.29 is 53.9 Å². The van der Waals surface area contributed by atoms with Crippen LogP contribution in [0.5, 0.6) is 11.5 Å². The fourth-order valence-corrected chi connectivity index (χ4v) is 7.99. The summed E-state index contributed by atoms with van der Waals surface area (Å²) in [5.41, 5.74) is -0.610. The van der Waals surface area contributed by atoms with Crippen molar-refractivity contribution >= 4 is 26.5 Å². The van der Waals surface area contributed by atoms with Gasteiger partial charge in [-0.25, -0.2) is 12.8 Å². The van der Waals surface area contributed by atoms with Crippen molar-refractivity contribution in [2.75, 3.05) is 12.9 Å². The van der Waals surface area contributed by atoms with Gasteiger partial charge in [-0.05, 0) is 0 Å². The third-order valence-electron chi connectivity index (χ3n) is 7.43. The molecule has 6 rings (SSSR count). The minimum absolute atomic E-state index is 0.0394. The van der Waals surface area contributed by atoms with Gasteiger partial charge < -0.3 is 5.11 Å². The molecule has 5 aromatic rings. The molecule has 1 atom stereocenters. The molecule has 3 aromatic carbocycles. The Morgan fingerprint density at radius 3 is 2.33 bits per heavy atom. The average molecular weight is 730 g/mol. The van der Waals surface area contributed by atoms with E-state index in [9.17, 15) is 36.0 Å². The predicted molar refractivity (Wildman–Crippen MR) is 170 cm³/mol. The molecule has 1 aliphatic rings. The van der Waals surface area contributed by atoms with Gasteiger partial charge in [-0.15, -0.1) is 0 Å². The molecule has 0 spiro atoms. The summed E-state index contributed by atoms with van der Waals surface area (Å²) in [5.74, 6) is -0.695. The van der Waals surface area contributed by atoms with Gasteiger partial charge in [0.25, 0.3) is 0 Å². The predicted octanol–water partition coefficient (Wildman–Crippen LogP) is 6.78. The van der Waals surface area contributed by atoms with Crippen molar-refractivity contribution in [3.63, 3.8) is 0 Å². The first-order valence-corrected chi connectivity index (χ1v) is 19.4. The van der Waals surface area contributed by atoms with Crippen LogP contribution in [0, 0.1) is 12.7 Å². The van der Waals surface area contributed by atoms with E-state index >= 15 is 4.39 Å². The number of benzene rings is 3. The Hall–Kier alpha value is -3.94. The standard InChI is InChI=1S/C30H26F5N3O7P2S/c1-15-36-26(30(32,33)34)13-38(15)22-5-3-16(18-10-21(31)20(14-40)25(12-18)48(2,41)42)9-19(22)28-29(43-27(37-28)7-8-39)17-4-6-23-24(11-17)45-47(35,46)44-23/h3-6,9-13,39-40,47H,7-8,14,46H2,1-2H3. The van der Waals surface area contributed by atoms with E-state index in [1.807, 2.05) is 8.93 Å². The van der Waals surface area contributed by atoms with E-state index in [0.717, 1.165) is 18.5 Å². The quantitative estimate of drug-likeness (QED) is 0.131. The molecule has 0 saturated carbocycles. The topological polar surface area (TPSA) is 137 Å². The second-order valence-corrected chi connectivity index (χ2v) is 16.5. The monoisotopic (exact) mass is 729 g/mol. The van der Waals surface area contributed by atoms with Crippen LogP contribution in [0.2, 0.25) is 0 Å². The molecule has 0 aliphatic carbocycles. The number of aliphatic hydroxyl groups excluding tert-OH is 2. The molecule has 0 bridgehead atoms. The Kier molecular flexibility index (Phi) is 8.62. The van der Waals surface area contributed by atoms with Crippen LogP contribution in [-0.4, -0.2) is 46.0 Å². The summed E-state index contributed by atoms with van der Waals surface area (Å²) in [4.78, 5) is 7.77. The molecule has 0 radical (unpaired) electrons. The zero-order valence-electron chi connectivity index (χ0n) is 25.0. The van der Waals surface area contributed by atoms with Gasteiger partial charge in [0.2, 0.25) is 0 Å². The molecule has 0 saturated heterocycles. The number of alkyl halides is 3. The van der Waals surface area contributed by atoms with E-state index in [-0.39, 0.29) is 70.1 Å². The fraction of sp³-hybridized carbons (Fsp3) is 0.200. The summed E-state index contributed by atoms with van der Waals surface area (Å²) < 4.78 is 114. The number of aryl methyl sites for hydroxylation is 1. The minimum atomic E-state index is -4.77. The molecule has 10 nitrogen and oxygen atoms in total. The Bertz CT molecular complexity index is 2190. The molecule has 1 aliphatic heterocycles. The number of imidazole rings is 1. The van der Waals surface area contributed by atoms with Crippen LogP contribution in [0.25, 0.3) is 39.4 Å². The number of aromatic nitrogens is 3. The molecule has 254 valence electrons. The molecular weight excluding hydrogens is 703 g/mol. The van der Waals surface area contributed by atoms with E-state index in [0.29, 0.717) is 5.56 Å². The summed E-state index contributed by atoms with van der Waals surface area (Å²) >= 11 is 0. The molecule has 2 aromatic heterocycles. The van der Waals surface area contributed by atoms with E-state index < -0.39 is 52.3 Å². The Morgan fingerprint density at radius 2 is 1.69 bits per heavy atom. The van der Waals surface area contributed by atoms with Crippen LogP contribution in [0.15, 0.2) is 64.0 Å². The van der Waals surface area contributed by atoms with Crippen LogP contribution in [0.1, 0.15) is 23.0 Å². The first-order chi connectivity index (χ1) is 22.5. The second kappa shape index (κ2) is 12.2. The second-order valence-electron chi connectivity index (χ2n) is 10.8. The number of hydrogen-bond acceptors (Lipinski definition) is 9. The molecular formula is C30H26F5N3O7P2S. The first kappa shape index (κ1) is 33.9. The van der Waals surface area contributed by atoms with Crippen LogP contribution in [0.3, 0.4) is 0 Å². The SMILES string of the molecule is Cc1nc(C(F)(F)F)cn1-c1ccc(-c2cc(F)c(CO)c(S(C)(=O)=O)c2)cc1-c1nc(CCO)oc1-c1ccc2c(c1)O[PH](F)(P)O2. The number of aliphatic hydroxyl groups is 2. The third kappa shape index (κ3) is 6.42. The zero-order chi connectivity index (χ0) is 34.8. The number of oxazole rings is 1. The number of halogens is 5. The number of hydrogen-bond donors (Lipinski definition) is 2. The summed E-state index contributed by atoms with van der Waals surface area (Å²) in [7, 11) is -6.15. The van der Waals surface area contributed by atoms with Crippen molar-refractivity contribution in [2.24, 2.45) is 0 Å². The van der Waals surface area contributed by atoms with Gasteiger partial charge in [-0.1, -0.05) is 0 Å². The first-order valence-electron chi connectivity index (χ1n) is 14.0. The van der Waals surface area contributed by atoms with Gasteiger partial charge in [0.15, 0.2) is 9.84 Å². The van der Waals surface area contributed by atoms with Gasteiger partial charge in [0.05, 0.1) is 6.61 Å². The molecule has 18 heteroatoms. The molecule has 0 fully saturated rings. The summed E-state index contributed by atoms with van der Waals surface area (Å²) in [5, 5.41) is 19.3. The Labute approximate surface area is 272 Å². The van der Waals surface area contributed by atoms with E-state index in [4.69, 9.17) is 13.5 Å². The van der Waals surface area contributed by atoms with E-state index in [1.165, 1.54) is 54.0 Å². The van der Waals surface area contributed by atoms with Crippen molar-refractivity contribution in [1.82, 2.24) is 14.5 Å². The van der Waals surface area contributed by atoms with Crippen molar-refractivity contribution in [3.8, 4) is 50.9 Å². The van der Waals surface area contributed by atoms with Gasteiger partial charge in [0.1, 0.15) is 0 Å². The van der Waals surface area contributed by atoms with Crippen molar-refractivity contribution in [1.29, 1.82) is 0 Å². The normalized spacial score (nSPS) is 14.8. The van der Waals surface area contributed by atoms with Crippen LogP contribution in [-0.2, 0) is 29.0 Å². The summed E-state index contributed by atoms with van der Waals surface area (Å²) in [6.07, 6.45) is -3.16. The maximum absolute atomic E-state index is 15.2. The fourth-order valence-electron chi connectivity index (χ4n) is 5.31. The zero-order valence-corrected chi connectivity index (χ0v) is 27.9. The van der Waals surface area contributed by atoms with Gasteiger partial charge >= 0.3 is 214 Å². The molecule has 2 N–H and O–H groups in total. The molecule has 0 amide bonds. The summed E-state index contributed by atoms with van der Waals surface area (Å²) in [6.45, 7) is 0.119. The van der Waals surface area contributed by atoms with Gasteiger partial charge in [0, 0.05) is 11.8 Å². The van der Waals surface area contributed by atoms with Gasteiger partial charge in [-0.2, -0.15) is 13.2 Å². The van der Waals surface area contributed by atoms with Gasteiger partial charge in [-0.3, -0.25) is 0 Å². The van der Waals surface area contributed by atoms with Crippen LogP contribution >= 0.6 is 16.6 Å². The molecule has 1 unspecified atom stereocenters. The van der Waals surface area contributed by atoms with Crippen molar-refractivity contribution in [2.45, 2.75) is 31.0 Å². The third-order valence-corrected chi connectivity index (χ3v) is 10.3. The number of fused-ring (bicyclic) bond motifs is 1. The van der Waals surface area contributed by atoms with E-state index in [2.05, 4.69) is 9.97 Å².